The topological polar surface area (TPSA) is 130 Å². The molecule has 0 radical (unpaired) electrons. The van der Waals surface area contributed by atoms with E-state index in [4.69, 9.17) is 14.6 Å². The van der Waals surface area contributed by atoms with Gasteiger partial charge in [0.25, 0.3) is 0 Å². The summed E-state index contributed by atoms with van der Waals surface area (Å²) in [6.45, 7) is 1.80. The number of hydrogen-bond acceptors (Lipinski definition) is 7. The molecule has 8 nitrogen and oxygen atoms in total. The Morgan fingerprint density at radius 3 is 2.04 bits per heavy atom. The van der Waals surface area contributed by atoms with Crippen LogP contribution in [0.5, 0.6) is 0 Å². The molecule has 1 unspecified atom stereocenters. The lowest BCUT2D eigenvalue weighted by Gasteiger charge is -2.13. The van der Waals surface area contributed by atoms with Crippen molar-refractivity contribution in [2.45, 2.75) is 70.8 Å². The van der Waals surface area contributed by atoms with Gasteiger partial charge < -0.3 is 24.5 Å². The lowest BCUT2D eigenvalue weighted by Crippen LogP contribution is -2.21. The number of aliphatic carboxylic acids is 2. The van der Waals surface area contributed by atoms with E-state index in [1.165, 1.54) is 0 Å². The Kier molecular flexibility index (Phi) is 12.2. The second-order valence-electron chi connectivity index (χ2n) is 5.49. The van der Waals surface area contributed by atoms with Crippen molar-refractivity contribution in [3.8, 4) is 0 Å². The molecule has 8 heteroatoms. The van der Waals surface area contributed by atoms with Gasteiger partial charge in [-0.05, 0) is 39.0 Å². The predicted octanol–water partition coefficient (Wildman–Crippen LogP) is 0.807. The summed E-state index contributed by atoms with van der Waals surface area (Å²) in [5.41, 5.74) is 0. The van der Waals surface area contributed by atoms with Crippen LogP contribution in [0.4, 0.5) is 0 Å². The van der Waals surface area contributed by atoms with E-state index in [9.17, 15) is 24.3 Å². The van der Waals surface area contributed by atoms with Crippen molar-refractivity contribution in [1.29, 1.82) is 0 Å². The molecule has 0 saturated heterocycles. The number of unbranched alkanes of at least 4 members (excludes halogenated alkanes) is 2. The molecule has 0 aromatic carbocycles. The van der Waals surface area contributed by atoms with Crippen LogP contribution in [0.2, 0.25) is 0 Å². The summed E-state index contributed by atoms with van der Waals surface area (Å²) < 4.78 is 10.1. The molecule has 0 aromatic heterocycles. The number of ether oxygens (including phenoxy) is 2. The van der Waals surface area contributed by atoms with Gasteiger partial charge in [-0.15, -0.1) is 0 Å². The van der Waals surface area contributed by atoms with Crippen LogP contribution in [0.15, 0.2) is 0 Å². The number of carboxylic acid groups (broad SMARTS) is 2. The van der Waals surface area contributed by atoms with E-state index in [0.717, 1.165) is 0 Å². The van der Waals surface area contributed by atoms with Crippen LogP contribution < -0.4 is 5.11 Å². The van der Waals surface area contributed by atoms with Crippen LogP contribution in [-0.2, 0) is 28.7 Å². The van der Waals surface area contributed by atoms with Crippen molar-refractivity contribution in [2.75, 3.05) is 6.61 Å². The number of hydrogen-bond donors (Lipinski definition) is 1. The summed E-state index contributed by atoms with van der Waals surface area (Å²) in [4.78, 5) is 43.4. The minimum absolute atomic E-state index is 0.0295. The zero-order chi connectivity index (χ0) is 18.4. The van der Waals surface area contributed by atoms with Gasteiger partial charge >= 0.3 is 17.9 Å². The maximum absolute atomic E-state index is 11.5. The summed E-state index contributed by atoms with van der Waals surface area (Å²) in [7, 11) is 0. The first kappa shape index (κ1) is 21.9. The Morgan fingerprint density at radius 2 is 1.46 bits per heavy atom. The standard InChI is InChI=1S/C16H26O8/c1-12(24-16(22)9-5-3-7-14(19)20)10-11-23-15(21)8-4-2-6-13(17)18/h12H,2-11H2,1H3,(H,17,18)(H,19,20)/p-1. The van der Waals surface area contributed by atoms with Gasteiger partial charge in [0.2, 0.25) is 0 Å². The largest absolute Gasteiger partial charge is 0.550 e. The number of rotatable bonds is 14. The second-order valence-corrected chi connectivity index (χ2v) is 5.49. The van der Waals surface area contributed by atoms with Crippen LogP contribution >= 0.6 is 0 Å². The van der Waals surface area contributed by atoms with E-state index in [-0.39, 0.29) is 32.3 Å². The van der Waals surface area contributed by atoms with E-state index in [2.05, 4.69) is 0 Å². The molecule has 0 rings (SSSR count). The van der Waals surface area contributed by atoms with Gasteiger partial charge in [0, 0.05) is 31.7 Å². The molecule has 0 saturated carbocycles. The first-order chi connectivity index (χ1) is 11.3. The molecule has 0 spiro atoms. The normalized spacial score (nSPS) is 11.5. The average Bonchev–Trinajstić information content (AvgIpc) is 2.47. The minimum Gasteiger partial charge on any atom is -0.550 e. The third kappa shape index (κ3) is 14.8. The van der Waals surface area contributed by atoms with Gasteiger partial charge in [0.15, 0.2) is 0 Å². The summed E-state index contributed by atoms with van der Waals surface area (Å²) in [6.07, 6.45) is 1.90. The van der Waals surface area contributed by atoms with E-state index < -0.39 is 30.0 Å². The fourth-order valence-corrected chi connectivity index (χ4v) is 1.84. The van der Waals surface area contributed by atoms with Gasteiger partial charge in [0.1, 0.15) is 6.10 Å². The highest BCUT2D eigenvalue weighted by Crippen LogP contribution is 2.06. The Balaban J connectivity index is 3.61. The molecule has 0 heterocycles. The summed E-state index contributed by atoms with van der Waals surface area (Å²) in [5, 5.41) is 18.7. The molecule has 24 heavy (non-hydrogen) atoms. The highest BCUT2D eigenvalue weighted by Gasteiger charge is 2.11. The van der Waals surface area contributed by atoms with Crippen LogP contribution in [0, 0.1) is 0 Å². The second kappa shape index (κ2) is 13.3. The van der Waals surface area contributed by atoms with Crippen molar-refractivity contribution in [1.82, 2.24) is 0 Å². The fourth-order valence-electron chi connectivity index (χ4n) is 1.84. The zero-order valence-electron chi connectivity index (χ0n) is 14.0. The quantitative estimate of drug-likeness (QED) is 0.361. The number of carbonyl (C=O) groups excluding carboxylic acids is 3. The van der Waals surface area contributed by atoms with Crippen molar-refractivity contribution < 1.29 is 38.9 Å². The van der Waals surface area contributed by atoms with Gasteiger partial charge in [-0.25, -0.2) is 0 Å². The molecule has 0 aliphatic heterocycles. The molecule has 1 atom stereocenters. The first-order valence-corrected chi connectivity index (χ1v) is 8.08. The maximum atomic E-state index is 11.5. The number of esters is 2. The molecule has 1 N–H and O–H groups in total. The summed E-state index contributed by atoms with van der Waals surface area (Å²) in [6, 6.07) is 0. The summed E-state index contributed by atoms with van der Waals surface area (Å²) in [5.74, 6) is -2.85. The summed E-state index contributed by atoms with van der Waals surface area (Å²) >= 11 is 0. The number of carboxylic acids is 2. The monoisotopic (exact) mass is 345 g/mol. The molecular formula is C16H25O8-. The third-order valence-corrected chi connectivity index (χ3v) is 3.15. The van der Waals surface area contributed by atoms with E-state index >= 15 is 0 Å². The maximum Gasteiger partial charge on any atom is 0.306 e. The number of carbonyl (C=O) groups is 4. The van der Waals surface area contributed by atoms with Crippen molar-refractivity contribution >= 4 is 23.9 Å². The smallest absolute Gasteiger partial charge is 0.306 e. The Hall–Kier alpha value is -2.12. The Morgan fingerprint density at radius 1 is 0.917 bits per heavy atom. The van der Waals surface area contributed by atoms with Gasteiger partial charge in [-0.3, -0.25) is 14.4 Å². The molecule has 138 valence electrons. The molecule has 0 aliphatic carbocycles. The Bertz CT molecular complexity index is 418. The highest BCUT2D eigenvalue weighted by atomic mass is 16.6. The van der Waals surface area contributed by atoms with E-state index in [1.54, 1.807) is 6.92 Å². The zero-order valence-corrected chi connectivity index (χ0v) is 14.0. The van der Waals surface area contributed by atoms with Gasteiger partial charge in [-0.2, -0.15) is 0 Å². The fraction of sp³-hybridized carbons (Fsp3) is 0.750. The third-order valence-electron chi connectivity index (χ3n) is 3.15. The SMILES string of the molecule is CC(CCOC(=O)CCCCC(=O)[O-])OC(=O)CCCCC(=O)O. The van der Waals surface area contributed by atoms with Gasteiger partial charge in [0.05, 0.1) is 6.61 Å². The lowest BCUT2D eigenvalue weighted by atomic mass is 10.2. The molecule has 0 aromatic rings. The van der Waals surface area contributed by atoms with Crippen LogP contribution in [-0.4, -0.2) is 41.7 Å². The molecule has 0 fully saturated rings. The molecule has 0 bridgehead atoms. The Labute approximate surface area is 141 Å². The molecule has 0 amide bonds. The van der Waals surface area contributed by atoms with Crippen LogP contribution in [0.25, 0.3) is 0 Å². The van der Waals surface area contributed by atoms with Crippen molar-refractivity contribution in [2.24, 2.45) is 0 Å². The minimum atomic E-state index is -1.14. The first-order valence-electron chi connectivity index (χ1n) is 8.08. The van der Waals surface area contributed by atoms with Crippen molar-refractivity contribution in [3.63, 3.8) is 0 Å². The van der Waals surface area contributed by atoms with E-state index in [0.29, 0.717) is 32.1 Å². The molecular weight excluding hydrogens is 320 g/mol. The predicted molar refractivity (Wildman–Crippen MR) is 80.7 cm³/mol. The average molecular weight is 345 g/mol. The van der Waals surface area contributed by atoms with Gasteiger partial charge in [-0.1, -0.05) is 0 Å². The van der Waals surface area contributed by atoms with E-state index in [1.807, 2.05) is 0 Å². The van der Waals surface area contributed by atoms with Crippen molar-refractivity contribution in [3.05, 3.63) is 0 Å². The van der Waals surface area contributed by atoms with Crippen LogP contribution in [0.1, 0.15) is 64.7 Å². The molecule has 0 aliphatic rings. The van der Waals surface area contributed by atoms with Crippen LogP contribution in [0.3, 0.4) is 0 Å². The highest BCUT2D eigenvalue weighted by molar-refractivity contribution is 5.70. The lowest BCUT2D eigenvalue weighted by molar-refractivity contribution is -0.305.